The lowest BCUT2D eigenvalue weighted by Gasteiger charge is -2.51. The molecule has 3 aliphatic rings. The first-order valence-electron chi connectivity index (χ1n) is 6.66. The van der Waals surface area contributed by atoms with Gasteiger partial charge >= 0.3 is 11.9 Å². The number of hydrogen-bond donors (Lipinski definition) is 0. The molecule has 0 N–H and O–H groups in total. The molecule has 0 aromatic rings. The van der Waals surface area contributed by atoms with Gasteiger partial charge < -0.3 is 4.74 Å². The number of esters is 2. The molecule has 0 amide bonds. The van der Waals surface area contributed by atoms with Crippen LogP contribution in [0.25, 0.3) is 0 Å². The van der Waals surface area contributed by atoms with Crippen LogP contribution in [-0.4, -0.2) is 11.9 Å². The summed E-state index contributed by atoms with van der Waals surface area (Å²) in [5, 5.41) is 0. The number of ether oxygens (including phenoxy) is 1. The highest BCUT2D eigenvalue weighted by Crippen LogP contribution is 2.68. The highest BCUT2D eigenvalue weighted by Gasteiger charge is 2.74. The monoisotopic (exact) mass is 234 g/mol. The van der Waals surface area contributed by atoms with Crippen molar-refractivity contribution in [2.45, 2.75) is 51.9 Å². The Morgan fingerprint density at radius 3 is 2.76 bits per heavy atom. The first-order chi connectivity index (χ1) is 8.17. The minimum atomic E-state index is -0.564. The summed E-state index contributed by atoms with van der Waals surface area (Å²) in [7, 11) is 0. The maximum Gasteiger partial charge on any atom is 0.325 e. The van der Waals surface area contributed by atoms with Crippen LogP contribution >= 0.6 is 0 Å². The largest absolute Gasteiger partial charge is 0.392 e. The lowest BCUT2D eigenvalue weighted by atomic mass is 9.46. The van der Waals surface area contributed by atoms with E-state index in [1.165, 1.54) is 5.57 Å². The van der Waals surface area contributed by atoms with Gasteiger partial charge in [-0.3, -0.25) is 9.59 Å². The van der Waals surface area contributed by atoms with Gasteiger partial charge in [-0.1, -0.05) is 37.8 Å². The van der Waals surface area contributed by atoms with Crippen molar-refractivity contribution < 1.29 is 14.3 Å². The summed E-state index contributed by atoms with van der Waals surface area (Å²) in [6.07, 6.45) is 8.87. The molecule has 0 unspecified atom stereocenters. The molecule has 0 aromatic heterocycles. The van der Waals surface area contributed by atoms with Gasteiger partial charge in [-0.25, -0.2) is 0 Å². The van der Waals surface area contributed by atoms with E-state index in [1.807, 2.05) is 0 Å². The summed E-state index contributed by atoms with van der Waals surface area (Å²) in [6.45, 7) is 2.14. The summed E-state index contributed by atoms with van der Waals surface area (Å²) in [5.41, 5.74) is 0.0676. The van der Waals surface area contributed by atoms with Crippen molar-refractivity contribution in [2.24, 2.45) is 10.8 Å². The average molecular weight is 234 g/mol. The molecule has 3 nitrogen and oxygen atoms in total. The molecule has 3 rings (SSSR count). The van der Waals surface area contributed by atoms with Gasteiger partial charge in [-0.05, 0) is 25.7 Å². The van der Waals surface area contributed by atoms with Gasteiger partial charge in [0.15, 0.2) is 0 Å². The molecule has 0 spiro atoms. The predicted molar refractivity (Wildman–Crippen MR) is 62.0 cm³/mol. The Hall–Kier alpha value is -1.12. The number of hydrogen-bond acceptors (Lipinski definition) is 3. The molecule has 0 radical (unpaired) electrons. The second kappa shape index (κ2) is 3.44. The SMILES string of the molecule is CCCCC1=C[C@@]23CCCC[C@@]12C(=O)OC3=O. The quantitative estimate of drug-likeness (QED) is 0.428. The van der Waals surface area contributed by atoms with Crippen LogP contribution in [-0.2, 0) is 14.3 Å². The van der Waals surface area contributed by atoms with Crippen molar-refractivity contribution >= 4 is 11.9 Å². The molecule has 3 heteroatoms. The smallest absolute Gasteiger partial charge is 0.325 e. The third-order valence-corrected chi connectivity index (χ3v) is 4.80. The maximum absolute atomic E-state index is 12.1. The van der Waals surface area contributed by atoms with E-state index in [0.717, 1.165) is 44.9 Å². The normalized spacial score (nSPS) is 39.0. The van der Waals surface area contributed by atoms with E-state index in [9.17, 15) is 9.59 Å². The first-order valence-corrected chi connectivity index (χ1v) is 6.66. The predicted octanol–water partition coefficient (Wildman–Crippen LogP) is 2.75. The van der Waals surface area contributed by atoms with Gasteiger partial charge in [0, 0.05) is 0 Å². The van der Waals surface area contributed by atoms with Crippen LogP contribution in [0.3, 0.4) is 0 Å². The number of rotatable bonds is 3. The molecule has 17 heavy (non-hydrogen) atoms. The molecule has 2 aliphatic carbocycles. The molecule has 2 atom stereocenters. The lowest BCUT2D eigenvalue weighted by molar-refractivity contribution is -0.154. The Labute approximate surface area is 101 Å². The van der Waals surface area contributed by atoms with Crippen LogP contribution < -0.4 is 0 Å². The number of carbonyl (C=O) groups excluding carboxylic acids is 2. The van der Waals surface area contributed by atoms with E-state index >= 15 is 0 Å². The Bertz CT molecular complexity index is 423. The second-order valence-electron chi connectivity index (χ2n) is 5.53. The molecular weight excluding hydrogens is 216 g/mol. The van der Waals surface area contributed by atoms with Crippen molar-refractivity contribution in [3.8, 4) is 0 Å². The molecule has 2 fully saturated rings. The van der Waals surface area contributed by atoms with E-state index in [0.29, 0.717) is 0 Å². The van der Waals surface area contributed by atoms with E-state index in [-0.39, 0.29) is 11.9 Å². The summed E-state index contributed by atoms with van der Waals surface area (Å²) < 4.78 is 4.96. The standard InChI is InChI=1S/C14H18O3/c1-2-3-6-10-9-13-7-4-5-8-14(10,13)12(16)17-11(13)15/h9H,2-8H2,1H3/t13-,14+/m1/s1. The third-order valence-electron chi connectivity index (χ3n) is 4.80. The van der Waals surface area contributed by atoms with Crippen LogP contribution in [0, 0.1) is 10.8 Å². The van der Waals surface area contributed by atoms with Crippen LogP contribution in [0.2, 0.25) is 0 Å². The minimum absolute atomic E-state index is 0.268. The number of cyclic esters (lactones) is 2. The Balaban J connectivity index is 2.00. The van der Waals surface area contributed by atoms with Gasteiger partial charge in [0.2, 0.25) is 0 Å². The summed E-state index contributed by atoms with van der Waals surface area (Å²) >= 11 is 0. The topological polar surface area (TPSA) is 43.4 Å². The van der Waals surface area contributed by atoms with E-state index < -0.39 is 10.8 Å². The number of unbranched alkanes of at least 4 members (excludes halogenated alkanes) is 1. The van der Waals surface area contributed by atoms with Gasteiger partial charge in [-0.15, -0.1) is 0 Å². The van der Waals surface area contributed by atoms with Crippen molar-refractivity contribution in [1.82, 2.24) is 0 Å². The molecule has 92 valence electrons. The Morgan fingerprint density at radius 2 is 2.00 bits per heavy atom. The van der Waals surface area contributed by atoms with Crippen molar-refractivity contribution in [1.29, 1.82) is 0 Å². The molecular formula is C14H18O3. The Morgan fingerprint density at radius 1 is 1.24 bits per heavy atom. The van der Waals surface area contributed by atoms with Gasteiger partial charge in [0.1, 0.15) is 10.8 Å². The average Bonchev–Trinajstić information content (AvgIpc) is 2.47. The van der Waals surface area contributed by atoms with Gasteiger partial charge in [-0.2, -0.15) is 0 Å². The second-order valence-corrected chi connectivity index (χ2v) is 5.53. The zero-order valence-electron chi connectivity index (χ0n) is 10.3. The van der Waals surface area contributed by atoms with Crippen LogP contribution in [0.15, 0.2) is 11.6 Å². The molecule has 1 saturated carbocycles. The fourth-order valence-corrected chi connectivity index (χ4v) is 3.88. The molecule has 1 heterocycles. The van der Waals surface area contributed by atoms with Crippen molar-refractivity contribution in [3.63, 3.8) is 0 Å². The molecule has 0 aromatic carbocycles. The highest BCUT2D eigenvalue weighted by atomic mass is 16.6. The van der Waals surface area contributed by atoms with Crippen molar-refractivity contribution in [2.75, 3.05) is 0 Å². The van der Waals surface area contributed by atoms with E-state index in [2.05, 4.69) is 13.0 Å². The zero-order chi connectivity index (χ0) is 12.1. The lowest BCUT2D eigenvalue weighted by Crippen LogP contribution is -2.54. The Kier molecular flexibility index (Phi) is 2.22. The maximum atomic E-state index is 12.1. The first kappa shape index (κ1) is 11.0. The molecule has 1 saturated heterocycles. The van der Waals surface area contributed by atoms with Crippen molar-refractivity contribution in [3.05, 3.63) is 11.6 Å². The third kappa shape index (κ3) is 1.08. The van der Waals surface area contributed by atoms with Gasteiger partial charge in [0.25, 0.3) is 0 Å². The number of carbonyl (C=O) groups is 2. The fraction of sp³-hybridized carbons (Fsp3) is 0.714. The molecule has 1 aliphatic heterocycles. The summed E-state index contributed by atoms with van der Waals surface area (Å²) in [6, 6.07) is 0. The van der Waals surface area contributed by atoms with Crippen LogP contribution in [0.1, 0.15) is 51.9 Å². The van der Waals surface area contributed by atoms with E-state index in [4.69, 9.17) is 4.74 Å². The zero-order valence-corrected chi connectivity index (χ0v) is 10.3. The van der Waals surface area contributed by atoms with E-state index in [1.54, 1.807) is 0 Å². The van der Waals surface area contributed by atoms with Gasteiger partial charge in [0.05, 0.1) is 0 Å². The molecule has 0 bridgehead atoms. The summed E-state index contributed by atoms with van der Waals surface area (Å²) in [5.74, 6) is -0.557. The highest BCUT2D eigenvalue weighted by molar-refractivity contribution is 6.07. The minimum Gasteiger partial charge on any atom is -0.392 e. The van der Waals surface area contributed by atoms with Crippen LogP contribution in [0.5, 0.6) is 0 Å². The fourth-order valence-electron chi connectivity index (χ4n) is 3.88. The summed E-state index contributed by atoms with van der Waals surface area (Å²) in [4.78, 5) is 24.0. The van der Waals surface area contributed by atoms with Crippen LogP contribution in [0.4, 0.5) is 0 Å².